The summed E-state index contributed by atoms with van der Waals surface area (Å²) in [7, 11) is 0. The van der Waals surface area contributed by atoms with Crippen molar-refractivity contribution in [3.63, 3.8) is 0 Å². The molecule has 0 bridgehead atoms. The van der Waals surface area contributed by atoms with Crippen LogP contribution < -0.4 is 5.32 Å². The summed E-state index contributed by atoms with van der Waals surface area (Å²) in [6.45, 7) is 5.88. The van der Waals surface area contributed by atoms with Crippen LogP contribution in [-0.2, 0) is 0 Å². The molecule has 3 rings (SSSR count). The first kappa shape index (κ1) is 14.6. The van der Waals surface area contributed by atoms with Gasteiger partial charge in [-0.25, -0.2) is 0 Å². The molecule has 0 heterocycles. The Kier molecular flexibility index (Phi) is 4.30. The maximum absolute atomic E-state index is 3.77. The third-order valence-electron chi connectivity index (χ3n) is 5.17. The zero-order chi connectivity index (χ0) is 14.7. The average molecular weight is 281 g/mol. The summed E-state index contributed by atoms with van der Waals surface area (Å²) in [6.07, 6.45) is 7.00. The number of nitrogens with one attached hydrogen (secondary N) is 1. The van der Waals surface area contributed by atoms with Crippen molar-refractivity contribution in [1.82, 2.24) is 5.32 Å². The Labute approximate surface area is 128 Å². The van der Waals surface area contributed by atoms with Gasteiger partial charge in [-0.1, -0.05) is 62.6 Å². The number of benzene rings is 2. The fourth-order valence-corrected chi connectivity index (χ4v) is 3.58. The van der Waals surface area contributed by atoms with E-state index in [1.165, 1.54) is 48.4 Å². The highest BCUT2D eigenvalue weighted by atomic mass is 14.9. The third kappa shape index (κ3) is 3.47. The second-order valence-electron chi connectivity index (χ2n) is 7.08. The molecule has 1 heteroatoms. The summed E-state index contributed by atoms with van der Waals surface area (Å²) in [5.74, 6) is 0. The molecule has 112 valence electrons. The molecule has 1 aliphatic carbocycles. The van der Waals surface area contributed by atoms with Crippen LogP contribution in [0.25, 0.3) is 10.8 Å². The molecule has 0 spiro atoms. The Morgan fingerprint density at radius 1 is 1.00 bits per heavy atom. The van der Waals surface area contributed by atoms with Crippen molar-refractivity contribution in [2.75, 3.05) is 6.54 Å². The van der Waals surface area contributed by atoms with E-state index >= 15 is 0 Å². The molecule has 1 aliphatic rings. The van der Waals surface area contributed by atoms with Gasteiger partial charge in [0.25, 0.3) is 0 Å². The van der Waals surface area contributed by atoms with E-state index in [4.69, 9.17) is 0 Å². The normalized spacial score (nSPS) is 19.5. The summed E-state index contributed by atoms with van der Waals surface area (Å²) in [6, 6.07) is 15.9. The van der Waals surface area contributed by atoms with E-state index < -0.39 is 0 Å². The van der Waals surface area contributed by atoms with Gasteiger partial charge in [0.05, 0.1) is 0 Å². The van der Waals surface area contributed by atoms with Crippen molar-refractivity contribution in [2.45, 2.75) is 52.0 Å². The number of rotatable bonds is 4. The molecule has 0 saturated heterocycles. The molecular weight excluding hydrogens is 254 g/mol. The largest absolute Gasteiger partial charge is 0.310 e. The van der Waals surface area contributed by atoms with Gasteiger partial charge in [0.15, 0.2) is 0 Å². The second-order valence-corrected chi connectivity index (χ2v) is 7.08. The molecule has 1 fully saturated rings. The molecule has 1 atom stereocenters. The smallest absolute Gasteiger partial charge is 0.0292 e. The maximum Gasteiger partial charge on any atom is 0.0292 e. The fraction of sp³-hybridized carbons (Fsp3) is 0.500. The molecule has 0 aliphatic heterocycles. The number of fused-ring (bicyclic) bond motifs is 1. The molecule has 1 unspecified atom stereocenters. The fourth-order valence-electron chi connectivity index (χ4n) is 3.58. The van der Waals surface area contributed by atoms with Crippen LogP contribution in [-0.4, -0.2) is 6.54 Å². The third-order valence-corrected chi connectivity index (χ3v) is 5.17. The van der Waals surface area contributed by atoms with Gasteiger partial charge in [-0.15, -0.1) is 0 Å². The summed E-state index contributed by atoms with van der Waals surface area (Å²) in [5.41, 5.74) is 1.90. The predicted octanol–water partition coefficient (Wildman–Crippen LogP) is 5.46. The molecule has 2 aromatic carbocycles. The Morgan fingerprint density at radius 2 is 1.71 bits per heavy atom. The molecule has 0 radical (unpaired) electrons. The first-order valence-electron chi connectivity index (χ1n) is 8.38. The van der Waals surface area contributed by atoms with Gasteiger partial charge in [0, 0.05) is 12.6 Å². The first-order chi connectivity index (χ1) is 10.2. The summed E-state index contributed by atoms with van der Waals surface area (Å²) >= 11 is 0. The lowest BCUT2D eigenvalue weighted by Gasteiger charge is -2.35. The second kappa shape index (κ2) is 6.19. The van der Waals surface area contributed by atoms with E-state index in [0.29, 0.717) is 11.5 Å². The lowest BCUT2D eigenvalue weighted by Crippen LogP contribution is -2.34. The van der Waals surface area contributed by atoms with Crippen molar-refractivity contribution in [1.29, 1.82) is 0 Å². The SMILES string of the molecule is CC(NCC1(C)CCCCC1)c1ccc2ccccc2c1. The van der Waals surface area contributed by atoms with Crippen LogP contribution in [0, 0.1) is 5.41 Å². The molecule has 1 saturated carbocycles. The van der Waals surface area contributed by atoms with E-state index in [1.807, 2.05) is 0 Å². The molecule has 0 aromatic heterocycles. The van der Waals surface area contributed by atoms with Gasteiger partial charge in [0.2, 0.25) is 0 Å². The van der Waals surface area contributed by atoms with Crippen LogP contribution in [0.4, 0.5) is 0 Å². The van der Waals surface area contributed by atoms with Crippen molar-refractivity contribution < 1.29 is 0 Å². The minimum atomic E-state index is 0.424. The molecular formula is C20H27N. The quantitative estimate of drug-likeness (QED) is 0.784. The predicted molar refractivity (Wildman–Crippen MR) is 91.6 cm³/mol. The van der Waals surface area contributed by atoms with Gasteiger partial charge < -0.3 is 5.32 Å². The zero-order valence-electron chi connectivity index (χ0n) is 13.4. The van der Waals surface area contributed by atoms with E-state index in [0.717, 1.165) is 6.54 Å². The van der Waals surface area contributed by atoms with E-state index in [2.05, 4.69) is 61.6 Å². The molecule has 0 amide bonds. The highest BCUT2D eigenvalue weighted by molar-refractivity contribution is 5.83. The van der Waals surface area contributed by atoms with Crippen LogP contribution in [0.2, 0.25) is 0 Å². The van der Waals surface area contributed by atoms with E-state index in [1.54, 1.807) is 0 Å². The van der Waals surface area contributed by atoms with Gasteiger partial charge in [-0.2, -0.15) is 0 Å². The highest BCUT2D eigenvalue weighted by Gasteiger charge is 2.26. The van der Waals surface area contributed by atoms with Gasteiger partial charge >= 0.3 is 0 Å². The van der Waals surface area contributed by atoms with Crippen LogP contribution in [0.1, 0.15) is 57.6 Å². The zero-order valence-corrected chi connectivity index (χ0v) is 13.4. The van der Waals surface area contributed by atoms with Crippen molar-refractivity contribution in [3.05, 3.63) is 48.0 Å². The van der Waals surface area contributed by atoms with Gasteiger partial charge in [-0.05, 0) is 47.6 Å². The van der Waals surface area contributed by atoms with E-state index in [-0.39, 0.29) is 0 Å². The molecule has 1 N–H and O–H groups in total. The average Bonchev–Trinajstić information content (AvgIpc) is 2.53. The topological polar surface area (TPSA) is 12.0 Å². The first-order valence-corrected chi connectivity index (χ1v) is 8.38. The van der Waals surface area contributed by atoms with Crippen LogP contribution in [0.3, 0.4) is 0 Å². The van der Waals surface area contributed by atoms with Gasteiger partial charge in [0.1, 0.15) is 0 Å². The van der Waals surface area contributed by atoms with Crippen molar-refractivity contribution >= 4 is 10.8 Å². The van der Waals surface area contributed by atoms with Crippen LogP contribution >= 0.6 is 0 Å². The van der Waals surface area contributed by atoms with Crippen molar-refractivity contribution in [3.8, 4) is 0 Å². The number of hydrogen-bond donors (Lipinski definition) is 1. The highest BCUT2D eigenvalue weighted by Crippen LogP contribution is 2.35. The summed E-state index contributed by atoms with van der Waals surface area (Å²) in [4.78, 5) is 0. The lowest BCUT2D eigenvalue weighted by molar-refractivity contribution is 0.202. The van der Waals surface area contributed by atoms with Crippen LogP contribution in [0.5, 0.6) is 0 Å². The summed E-state index contributed by atoms with van der Waals surface area (Å²) < 4.78 is 0. The van der Waals surface area contributed by atoms with E-state index in [9.17, 15) is 0 Å². The lowest BCUT2D eigenvalue weighted by atomic mass is 9.75. The van der Waals surface area contributed by atoms with Crippen molar-refractivity contribution in [2.24, 2.45) is 5.41 Å². The van der Waals surface area contributed by atoms with Crippen LogP contribution in [0.15, 0.2) is 42.5 Å². The Hall–Kier alpha value is -1.34. The minimum Gasteiger partial charge on any atom is -0.310 e. The summed E-state index contributed by atoms with van der Waals surface area (Å²) in [5, 5.41) is 6.44. The molecule has 1 nitrogen and oxygen atoms in total. The monoisotopic (exact) mass is 281 g/mol. The molecule has 2 aromatic rings. The Bertz CT molecular complexity index is 596. The standard InChI is InChI=1S/C20H27N/c1-16(21-15-20(2)12-6-3-7-13-20)18-11-10-17-8-4-5-9-19(17)14-18/h4-5,8-11,14,16,21H,3,6-7,12-13,15H2,1-2H3. The maximum atomic E-state index is 3.77. The number of hydrogen-bond acceptors (Lipinski definition) is 1. The Balaban J connectivity index is 1.67. The minimum absolute atomic E-state index is 0.424. The Morgan fingerprint density at radius 3 is 2.48 bits per heavy atom. The van der Waals surface area contributed by atoms with Gasteiger partial charge in [-0.3, -0.25) is 0 Å². The molecule has 21 heavy (non-hydrogen) atoms.